The van der Waals surface area contributed by atoms with Gasteiger partial charge in [0.05, 0.1) is 0 Å². The van der Waals surface area contributed by atoms with Crippen LogP contribution in [0.5, 0.6) is 0 Å². The van der Waals surface area contributed by atoms with Crippen LogP contribution in [0.1, 0.15) is 38.3 Å². The van der Waals surface area contributed by atoms with Gasteiger partial charge in [-0.1, -0.05) is 51.2 Å². The highest BCUT2D eigenvalue weighted by Gasteiger charge is 2.19. The lowest BCUT2D eigenvalue weighted by Crippen LogP contribution is -2.29. The zero-order valence-corrected chi connectivity index (χ0v) is 12.9. The minimum Gasteiger partial charge on any atom is -0.389 e. The Hall–Kier alpha value is -1.42. The maximum atomic E-state index is 12.1. The summed E-state index contributed by atoms with van der Waals surface area (Å²) < 4.78 is 0. The Balaban J connectivity index is 2.71. The van der Waals surface area contributed by atoms with Gasteiger partial charge in [-0.15, -0.1) is 0 Å². The highest BCUT2D eigenvalue weighted by Crippen LogP contribution is 2.20. The first-order chi connectivity index (χ1) is 8.69. The molecule has 1 rings (SSSR count). The van der Waals surface area contributed by atoms with Crippen molar-refractivity contribution in [2.45, 2.75) is 33.7 Å². The van der Waals surface area contributed by atoms with Crippen LogP contribution >= 0.6 is 12.2 Å². The average Bonchev–Trinajstić information content (AvgIpc) is 2.27. The third-order valence-corrected chi connectivity index (χ3v) is 2.97. The summed E-state index contributed by atoms with van der Waals surface area (Å²) in [5.74, 6) is 0.147. The maximum absolute atomic E-state index is 12.1. The fourth-order valence-electron chi connectivity index (χ4n) is 1.77. The number of amides is 1. The van der Waals surface area contributed by atoms with E-state index in [2.05, 4.69) is 20.8 Å². The summed E-state index contributed by atoms with van der Waals surface area (Å²) in [6.07, 6.45) is 0.540. The number of carbonyl (C=O) groups is 1. The molecule has 0 fully saturated rings. The molecule has 0 unspecified atom stereocenters. The number of carbonyl (C=O) groups excluding carboxylic acids is 1. The number of rotatable bonds is 4. The smallest absolute Gasteiger partial charge is 0.223 e. The molecular weight excluding hydrogens is 256 g/mol. The first kappa shape index (κ1) is 15.6. The van der Waals surface area contributed by atoms with Crippen molar-refractivity contribution < 1.29 is 4.79 Å². The molecule has 0 saturated carbocycles. The molecule has 19 heavy (non-hydrogen) atoms. The van der Waals surface area contributed by atoms with Crippen LogP contribution in [0.4, 0.5) is 0 Å². The molecule has 0 atom stereocenters. The zero-order valence-electron chi connectivity index (χ0n) is 12.1. The molecule has 1 aromatic carbocycles. The number of benzene rings is 1. The van der Waals surface area contributed by atoms with E-state index in [-0.39, 0.29) is 11.3 Å². The summed E-state index contributed by atoms with van der Waals surface area (Å²) in [6.45, 7) is 6.76. The molecule has 0 aliphatic carbocycles. The fraction of sp³-hybridized carbons (Fsp3) is 0.467. The molecule has 3 nitrogen and oxygen atoms in total. The van der Waals surface area contributed by atoms with E-state index in [9.17, 15) is 4.79 Å². The highest BCUT2D eigenvalue weighted by molar-refractivity contribution is 7.80. The standard InChI is InChI=1S/C15H22N2OS/c1-15(2,3)9-13(18)17(4)10-11-6-5-7-12(8-11)14(16)19/h5-8H,9-10H2,1-4H3,(H2,16,19). The second kappa shape index (κ2) is 6.15. The van der Waals surface area contributed by atoms with Crippen LogP contribution < -0.4 is 5.73 Å². The first-order valence-corrected chi connectivity index (χ1v) is 6.72. The minimum atomic E-state index is 0.00597. The summed E-state index contributed by atoms with van der Waals surface area (Å²) in [6, 6.07) is 7.69. The summed E-state index contributed by atoms with van der Waals surface area (Å²) in [4.78, 5) is 14.2. The van der Waals surface area contributed by atoms with E-state index in [1.165, 1.54) is 0 Å². The Morgan fingerprint density at radius 3 is 2.53 bits per heavy atom. The van der Waals surface area contributed by atoms with Gasteiger partial charge >= 0.3 is 0 Å². The molecule has 0 aromatic heterocycles. The quantitative estimate of drug-likeness (QED) is 0.861. The minimum absolute atomic E-state index is 0.00597. The van der Waals surface area contributed by atoms with Crippen LogP contribution in [-0.2, 0) is 11.3 Å². The third-order valence-electron chi connectivity index (χ3n) is 2.74. The van der Waals surface area contributed by atoms with E-state index in [0.29, 0.717) is 18.0 Å². The first-order valence-electron chi connectivity index (χ1n) is 6.32. The number of hydrogen-bond acceptors (Lipinski definition) is 2. The van der Waals surface area contributed by atoms with Gasteiger partial charge in [0.25, 0.3) is 0 Å². The topological polar surface area (TPSA) is 46.3 Å². The van der Waals surface area contributed by atoms with Gasteiger partial charge in [0.2, 0.25) is 5.91 Å². The van der Waals surface area contributed by atoms with Gasteiger partial charge in [-0.05, 0) is 17.0 Å². The van der Waals surface area contributed by atoms with Crippen molar-refractivity contribution in [3.63, 3.8) is 0 Å². The van der Waals surface area contributed by atoms with Crippen LogP contribution in [0, 0.1) is 5.41 Å². The van der Waals surface area contributed by atoms with Crippen molar-refractivity contribution >= 4 is 23.1 Å². The Bertz CT molecular complexity index is 477. The molecule has 0 heterocycles. The number of thiocarbonyl (C=S) groups is 1. The van der Waals surface area contributed by atoms with Crippen LogP contribution in [0.2, 0.25) is 0 Å². The van der Waals surface area contributed by atoms with Gasteiger partial charge in [-0.2, -0.15) is 0 Å². The van der Waals surface area contributed by atoms with Crippen molar-refractivity contribution in [3.8, 4) is 0 Å². The van der Waals surface area contributed by atoms with Crippen LogP contribution in [0.25, 0.3) is 0 Å². The molecular formula is C15H22N2OS. The zero-order chi connectivity index (χ0) is 14.6. The molecule has 1 aromatic rings. The average molecular weight is 278 g/mol. The molecule has 2 N–H and O–H groups in total. The third kappa shape index (κ3) is 5.39. The molecule has 1 amide bonds. The molecule has 0 aliphatic heterocycles. The van der Waals surface area contributed by atoms with Gasteiger partial charge in [0.15, 0.2) is 0 Å². The summed E-state index contributed by atoms with van der Waals surface area (Å²) >= 11 is 4.96. The lowest BCUT2D eigenvalue weighted by Gasteiger charge is -2.23. The van der Waals surface area contributed by atoms with E-state index >= 15 is 0 Å². The van der Waals surface area contributed by atoms with E-state index in [1.807, 2.05) is 31.3 Å². The lowest BCUT2D eigenvalue weighted by atomic mass is 9.91. The Labute approximate surface area is 120 Å². The maximum Gasteiger partial charge on any atom is 0.223 e. The predicted molar refractivity (Wildman–Crippen MR) is 82.9 cm³/mol. The molecule has 4 heteroatoms. The summed E-state index contributed by atoms with van der Waals surface area (Å²) in [5, 5.41) is 0. The highest BCUT2D eigenvalue weighted by atomic mass is 32.1. The van der Waals surface area contributed by atoms with Crippen LogP contribution in [-0.4, -0.2) is 22.8 Å². The number of hydrogen-bond donors (Lipinski definition) is 1. The number of nitrogens with zero attached hydrogens (tertiary/aromatic N) is 1. The van der Waals surface area contributed by atoms with Crippen molar-refractivity contribution in [1.82, 2.24) is 4.90 Å². The molecule has 0 saturated heterocycles. The lowest BCUT2D eigenvalue weighted by molar-refractivity contribution is -0.132. The van der Waals surface area contributed by atoms with Gasteiger partial charge < -0.3 is 10.6 Å². The fourth-order valence-corrected chi connectivity index (χ4v) is 1.90. The normalized spacial score (nSPS) is 11.2. The van der Waals surface area contributed by atoms with Crippen molar-refractivity contribution in [1.29, 1.82) is 0 Å². The SMILES string of the molecule is CN(Cc1cccc(C(N)=S)c1)C(=O)CC(C)(C)C. The van der Waals surface area contributed by atoms with Gasteiger partial charge in [-0.25, -0.2) is 0 Å². The predicted octanol–water partition coefficient (Wildman–Crippen LogP) is 2.72. The Kier molecular flexibility index (Phi) is 5.06. The van der Waals surface area contributed by atoms with E-state index < -0.39 is 0 Å². The van der Waals surface area contributed by atoms with E-state index in [0.717, 1.165) is 11.1 Å². The van der Waals surface area contributed by atoms with Crippen molar-refractivity contribution in [2.24, 2.45) is 11.1 Å². The largest absolute Gasteiger partial charge is 0.389 e. The monoisotopic (exact) mass is 278 g/mol. The second-order valence-electron chi connectivity index (χ2n) is 6.05. The molecule has 0 spiro atoms. The molecule has 104 valence electrons. The Morgan fingerprint density at radius 2 is 2.00 bits per heavy atom. The summed E-state index contributed by atoms with van der Waals surface area (Å²) in [7, 11) is 1.82. The van der Waals surface area contributed by atoms with Gasteiger partial charge in [0.1, 0.15) is 4.99 Å². The Morgan fingerprint density at radius 1 is 1.37 bits per heavy atom. The summed E-state index contributed by atoms with van der Waals surface area (Å²) in [5.41, 5.74) is 7.49. The van der Waals surface area contributed by atoms with Crippen LogP contribution in [0.15, 0.2) is 24.3 Å². The second-order valence-corrected chi connectivity index (χ2v) is 6.49. The van der Waals surface area contributed by atoms with E-state index in [4.69, 9.17) is 18.0 Å². The van der Waals surface area contributed by atoms with Crippen molar-refractivity contribution in [2.75, 3.05) is 7.05 Å². The van der Waals surface area contributed by atoms with Crippen molar-refractivity contribution in [3.05, 3.63) is 35.4 Å². The van der Waals surface area contributed by atoms with E-state index in [1.54, 1.807) is 4.90 Å². The molecule has 0 radical (unpaired) electrons. The van der Waals surface area contributed by atoms with Gasteiger partial charge in [0, 0.05) is 25.6 Å². The number of nitrogens with two attached hydrogens (primary N) is 1. The molecule has 0 aliphatic rings. The van der Waals surface area contributed by atoms with Crippen LogP contribution in [0.3, 0.4) is 0 Å². The molecule has 0 bridgehead atoms. The van der Waals surface area contributed by atoms with Gasteiger partial charge in [-0.3, -0.25) is 4.79 Å².